The molecule has 1 aliphatic heterocycles. The van der Waals surface area contributed by atoms with Crippen molar-refractivity contribution in [1.29, 1.82) is 0 Å². The van der Waals surface area contributed by atoms with Crippen LogP contribution in [0, 0.1) is 5.82 Å². The van der Waals surface area contributed by atoms with Crippen LogP contribution in [0.25, 0.3) is 10.7 Å². The van der Waals surface area contributed by atoms with Gasteiger partial charge in [0.15, 0.2) is 0 Å². The Morgan fingerprint density at radius 1 is 1.29 bits per heavy atom. The Kier molecular flexibility index (Phi) is 3.86. The number of hydrogen-bond acceptors (Lipinski definition) is 5. The fourth-order valence-electron chi connectivity index (χ4n) is 2.83. The predicted molar refractivity (Wildman–Crippen MR) is 86.8 cm³/mol. The lowest BCUT2D eigenvalue weighted by atomic mass is 10.1. The Morgan fingerprint density at radius 2 is 2.17 bits per heavy atom. The Hall–Kier alpha value is -2.54. The van der Waals surface area contributed by atoms with Crippen LogP contribution in [0.2, 0.25) is 0 Å². The summed E-state index contributed by atoms with van der Waals surface area (Å²) in [7, 11) is 0. The van der Waals surface area contributed by atoms with E-state index in [0.717, 1.165) is 4.88 Å². The Balaban J connectivity index is 1.49. The number of carbonyl (C=O) groups excluding carboxylic acids is 1. The van der Waals surface area contributed by atoms with Gasteiger partial charge in [0, 0.05) is 25.1 Å². The molecule has 0 radical (unpaired) electrons. The van der Waals surface area contributed by atoms with Crippen LogP contribution < -0.4 is 0 Å². The number of thiophene rings is 1. The maximum Gasteiger partial charge on any atom is 0.232 e. The molecule has 0 saturated carbocycles. The van der Waals surface area contributed by atoms with Crippen LogP contribution in [0.15, 0.2) is 46.3 Å². The molecule has 7 heteroatoms. The summed E-state index contributed by atoms with van der Waals surface area (Å²) in [4.78, 5) is 19.2. The number of amides is 1. The van der Waals surface area contributed by atoms with Gasteiger partial charge >= 0.3 is 0 Å². The molecular weight excluding hydrogens is 329 g/mol. The van der Waals surface area contributed by atoms with Crippen LogP contribution in [0.3, 0.4) is 0 Å². The summed E-state index contributed by atoms with van der Waals surface area (Å²) in [5, 5.41) is 5.93. The summed E-state index contributed by atoms with van der Waals surface area (Å²) < 4.78 is 19.1. The Bertz CT molecular complexity index is 862. The predicted octanol–water partition coefficient (Wildman–Crippen LogP) is 3.45. The first-order valence-electron chi connectivity index (χ1n) is 7.59. The number of benzene rings is 1. The molecule has 1 fully saturated rings. The fraction of sp³-hybridized carbons (Fsp3) is 0.235. The van der Waals surface area contributed by atoms with Crippen LogP contribution in [-0.2, 0) is 11.3 Å². The highest BCUT2D eigenvalue weighted by atomic mass is 32.1. The second-order valence-electron chi connectivity index (χ2n) is 5.70. The van der Waals surface area contributed by atoms with Gasteiger partial charge in [0.2, 0.25) is 17.6 Å². The van der Waals surface area contributed by atoms with E-state index in [9.17, 15) is 9.18 Å². The van der Waals surface area contributed by atoms with Crippen molar-refractivity contribution in [2.24, 2.45) is 0 Å². The molecule has 5 nitrogen and oxygen atoms in total. The van der Waals surface area contributed by atoms with Crippen molar-refractivity contribution in [3.8, 4) is 10.7 Å². The average molecular weight is 343 g/mol. The molecule has 2 aromatic heterocycles. The largest absolute Gasteiger partial charge is 0.339 e. The van der Waals surface area contributed by atoms with E-state index in [1.807, 2.05) is 17.5 Å². The zero-order valence-electron chi connectivity index (χ0n) is 12.7. The van der Waals surface area contributed by atoms with Crippen molar-refractivity contribution in [2.75, 3.05) is 6.54 Å². The summed E-state index contributed by atoms with van der Waals surface area (Å²) in [5.41, 5.74) is 0.510. The molecule has 24 heavy (non-hydrogen) atoms. The van der Waals surface area contributed by atoms with Gasteiger partial charge in [-0.05, 0) is 17.5 Å². The molecular formula is C17H14FN3O2S. The lowest BCUT2D eigenvalue weighted by molar-refractivity contribution is -0.128. The molecule has 1 saturated heterocycles. The smallest absolute Gasteiger partial charge is 0.232 e. The molecule has 1 amide bonds. The summed E-state index contributed by atoms with van der Waals surface area (Å²) in [5.74, 6) is 0.527. The standard InChI is InChI=1S/C17H14FN3O2S/c18-13-5-2-1-4-11(13)9-21-10-12(8-15(21)22)17-19-16(20-23-17)14-6-3-7-24-14/h1-7,12H,8-10H2. The maximum atomic E-state index is 13.8. The maximum absolute atomic E-state index is 13.8. The lowest BCUT2D eigenvalue weighted by Gasteiger charge is -2.16. The van der Waals surface area contributed by atoms with Crippen molar-refractivity contribution in [2.45, 2.75) is 18.9 Å². The number of likely N-dealkylation sites (tertiary alicyclic amines) is 1. The molecule has 0 N–H and O–H groups in total. The number of nitrogens with zero attached hydrogens (tertiary/aromatic N) is 3. The third-order valence-electron chi connectivity index (χ3n) is 4.07. The topological polar surface area (TPSA) is 59.2 Å². The number of halogens is 1. The highest BCUT2D eigenvalue weighted by Gasteiger charge is 2.34. The van der Waals surface area contributed by atoms with Gasteiger partial charge in [-0.15, -0.1) is 11.3 Å². The first-order valence-corrected chi connectivity index (χ1v) is 8.47. The number of carbonyl (C=O) groups is 1. The van der Waals surface area contributed by atoms with Crippen LogP contribution in [0.1, 0.15) is 23.8 Å². The van der Waals surface area contributed by atoms with Gasteiger partial charge in [0.25, 0.3) is 0 Å². The van der Waals surface area contributed by atoms with E-state index in [0.29, 0.717) is 30.2 Å². The van der Waals surface area contributed by atoms with Crippen LogP contribution in [0.4, 0.5) is 4.39 Å². The van der Waals surface area contributed by atoms with E-state index in [2.05, 4.69) is 10.1 Å². The van der Waals surface area contributed by atoms with Crippen molar-refractivity contribution in [1.82, 2.24) is 15.0 Å². The number of hydrogen-bond donors (Lipinski definition) is 0. The van der Waals surface area contributed by atoms with Crippen molar-refractivity contribution >= 4 is 17.2 Å². The zero-order valence-corrected chi connectivity index (χ0v) is 13.5. The Morgan fingerprint density at radius 3 is 2.96 bits per heavy atom. The highest BCUT2D eigenvalue weighted by Crippen LogP contribution is 2.30. The van der Waals surface area contributed by atoms with Gasteiger partial charge < -0.3 is 9.42 Å². The molecule has 122 valence electrons. The van der Waals surface area contributed by atoms with E-state index in [1.165, 1.54) is 17.4 Å². The quantitative estimate of drug-likeness (QED) is 0.728. The van der Waals surface area contributed by atoms with Crippen LogP contribution in [-0.4, -0.2) is 27.5 Å². The second kappa shape index (κ2) is 6.16. The number of rotatable bonds is 4. The zero-order chi connectivity index (χ0) is 16.5. The van der Waals surface area contributed by atoms with Crippen molar-refractivity contribution < 1.29 is 13.7 Å². The van der Waals surface area contributed by atoms with Gasteiger partial charge in [0.05, 0.1) is 10.8 Å². The molecule has 0 spiro atoms. The van der Waals surface area contributed by atoms with E-state index in [1.54, 1.807) is 23.1 Å². The molecule has 3 heterocycles. The Labute approximate surface area is 141 Å². The lowest BCUT2D eigenvalue weighted by Crippen LogP contribution is -2.24. The monoisotopic (exact) mass is 343 g/mol. The molecule has 1 aliphatic rings. The second-order valence-corrected chi connectivity index (χ2v) is 6.65. The average Bonchev–Trinajstić information content (AvgIpc) is 3.30. The van der Waals surface area contributed by atoms with E-state index in [4.69, 9.17) is 4.52 Å². The molecule has 0 bridgehead atoms. The minimum absolute atomic E-state index is 0.0286. The third kappa shape index (κ3) is 2.82. The summed E-state index contributed by atoms with van der Waals surface area (Å²) in [6.07, 6.45) is 0.306. The molecule has 1 aromatic carbocycles. The molecule has 1 atom stereocenters. The molecule has 3 aromatic rings. The minimum Gasteiger partial charge on any atom is -0.339 e. The normalized spacial score (nSPS) is 17.6. The van der Waals surface area contributed by atoms with Crippen LogP contribution in [0.5, 0.6) is 0 Å². The summed E-state index contributed by atoms with van der Waals surface area (Å²) in [6.45, 7) is 0.715. The van der Waals surface area contributed by atoms with Gasteiger partial charge in [-0.2, -0.15) is 4.98 Å². The van der Waals surface area contributed by atoms with E-state index in [-0.39, 0.29) is 24.2 Å². The van der Waals surface area contributed by atoms with Crippen molar-refractivity contribution in [3.05, 3.63) is 59.0 Å². The first kappa shape index (κ1) is 15.0. The summed E-state index contributed by atoms with van der Waals surface area (Å²) in [6, 6.07) is 10.3. The fourth-order valence-corrected chi connectivity index (χ4v) is 3.48. The SMILES string of the molecule is O=C1CC(c2nc(-c3cccs3)no2)CN1Cc1ccccc1F. The van der Waals surface area contributed by atoms with Gasteiger partial charge in [-0.3, -0.25) is 4.79 Å². The molecule has 4 rings (SSSR count). The van der Waals surface area contributed by atoms with E-state index < -0.39 is 0 Å². The highest BCUT2D eigenvalue weighted by molar-refractivity contribution is 7.13. The first-order chi connectivity index (χ1) is 11.7. The minimum atomic E-state index is -0.300. The van der Waals surface area contributed by atoms with Crippen molar-refractivity contribution in [3.63, 3.8) is 0 Å². The summed E-state index contributed by atoms with van der Waals surface area (Å²) >= 11 is 1.53. The third-order valence-corrected chi connectivity index (χ3v) is 4.93. The molecule has 0 aliphatic carbocycles. The number of aromatic nitrogens is 2. The van der Waals surface area contributed by atoms with Gasteiger partial charge in [0.1, 0.15) is 5.82 Å². The van der Waals surface area contributed by atoms with Gasteiger partial charge in [-0.1, -0.05) is 29.4 Å². The van der Waals surface area contributed by atoms with Crippen LogP contribution >= 0.6 is 11.3 Å². The van der Waals surface area contributed by atoms with E-state index >= 15 is 0 Å². The van der Waals surface area contributed by atoms with Gasteiger partial charge in [-0.25, -0.2) is 4.39 Å². The molecule has 1 unspecified atom stereocenters.